The number of thiophene rings is 1. The predicted octanol–water partition coefficient (Wildman–Crippen LogP) is 2.26. The lowest BCUT2D eigenvalue weighted by Gasteiger charge is -2.08. The Bertz CT molecular complexity index is 1130. The van der Waals surface area contributed by atoms with Crippen LogP contribution in [0.1, 0.15) is 42.7 Å². The lowest BCUT2D eigenvalue weighted by molar-refractivity contribution is 0.164. The minimum atomic E-state index is -4.04. The quantitative estimate of drug-likeness (QED) is 0.216. The van der Waals surface area contributed by atoms with E-state index in [-0.39, 0.29) is 22.9 Å². The number of carbonyl (C=O) groups excluding carboxylic acids is 2. The van der Waals surface area contributed by atoms with E-state index in [1.54, 1.807) is 0 Å². The van der Waals surface area contributed by atoms with Gasteiger partial charge in [-0.25, -0.2) is 35.9 Å². The number of amides is 4. The molecule has 2 aromatic heterocycles. The summed E-state index contributed by atoms with van der Waals surface area (Å²) in [6, 6.07) is 1.10. The third kappa shape index (κ3) is 10.7. The Hall–Kier alpha value is -2.66. The van der Waals surface area contributed by atoms with Crippen molar-refractivity contribution in [2.45, 2.75) is 55.1 Å². The van der Waals surface area contributed by atoms with E-state index in [0.717, 1.165) is 30.4 Å². The van der Waals surface area contributed by atoms with E-state index < -0.39 is 32.1 Å². The van der Waals surface area contributed by atoms with E-state index in [1.165, 1.54) is 43.1 Å². The van der Waals surface area contributed by atoms with Crippen LogP contribution in [0.3, 0.4) is 0 Å². The molecule has 13 nitrogen and oxygen atoms in total. The maximum absolute atomic E-state index is 12.2. The Labute approximate surface area is 220 Å². The molecule has 2 rings (SSSR count). The van der Waals surface area contributed by atoms with Gasteiger partial charge in [-0.3, -0.25) is 0 Å². The zero-order valence-corrected chi connectivity index (χ0v) is 23.0. The van der Waals surface area contributed by atoms with Crippen molar-refractivity contribution in [1.29, 1.82) is 0 Å². The number of nitrogens with one attached hydrogen (secondary N) is 4. The molecule has 4 N–H and O–H groups in total. The van der Waals surface area contributed by atoms with Crippen molar-refractivity contribution in [2.75, 3.05) is 27.3 Å². The second-order valence-corrected chi connectivity index (χ2v) is 12.2. The Morgan fingerprint density at radius 3 is 1.92 bits per heavy atom. The monoisotopic (exact) mass is 580 g/mol. The number of urea groups is 2. The summed E-state index contributed by atoms with van der Waals surface area (Å²) in [4.78, 5) is 24.3. The molecule has 0 aliphatic rings. The SMILES string of the molecule is COCc1cc(S(=O)(=O)NC(=O)NCCCCCCCNC(=O)NS(=O)(=O)c2csc(COC)c2)co1. The molecule has 0 bridgehead atoms. The number of methoxy groups -OCH3 is 2. The molecule has 0 aliphatic heterocycles. The molecule has 0 aromatic carbocycles. The van der Waals surface area contributed by atoms with E-state index in [2.05, 4.69) is 10.6 Å². The highest BCUT2D eigenvalue weighted by molar-refractivity contribution is 7.90. The fourth-order valence-electron chi connectivity index (χ4n) is 3.06. The number of rotatable bonds is 16. The predicted molar refractivity (Wildman–Crippen MR) is 135 cm³/mol. The lowest BCUT2D eigenvalue weighted by atomic mass is 10.1. The number of furan rings is 1. The second-order valence-electron chi connectivity index (χ2n) is 7.85. The van der Waals surface area contributed by atoms with Gasteiger partial charge >= 0.3 is 12.1 Å². The van der Waals surface area contributed by atoms with Crippen molar-refractivity contribution in [1.82, 2.24) is 20.1 Å². The van der Waals surface area contributed by atoms with Gasteiger partial charge in [-0.1, -0.05) is 19.3 Å². The third-order valence-electron chi connectivity index (χ3n) is 4.83. The number of sulfonamides is 2. The lowest BCUT2D eigenvalue weighted by Crippen LogP contribution is -2.39. The maximum atomic E-state index is 12.2. The van der Waals surface area contributed by atoms with E-state index in [9.17, 15) is 26.4 Å². The molecule has 0 spiro atoms. The van der Waals surface area contributed by atoms with Crippen molar-refractivity contribution in [2.24, 2.45) is 0 Å². The molecular weight excluding hydrogens is 548 g/mol. The number of carbonyl (C=O) groups is 2. The molecule has 0 atom stereocenters. The van der Waals surface area contributed by atoms with E-state index in [0.29, 0.717) is 31.8 Å². The summed E-state index contributed by atoms with van der Waals surface area (Å²) in [6.07, 6.45) is 4.68. The van der Waals surface area contributed by atoms with Crippen LogP contribution in [0, 0.1) is 0 Å². The maximum Gasteiger partial charge on any atom is 0.328 e. The van der Waals surface area contributed by atoms with Crippen LogP contribution in [0.4, 0.5) is 9.59 Å². The molecule has 0 saturated heterocycles. The first-order valence-electron chi connectivity index (χ1n) is 11.3. The molecule has 37 heavy (non-hydrogen) atoms. The zero-order chi connectivity index (χ0) is 27.3. The van der Waals surface area contributed by atoms with Crippen LogP contribution in [0.2, 0.25) is 0 Å². The molecule has 2 aromatic rings. The van der Waals surface area contributed by atoms with Gasteiger partial charge in [0.15, 0.2) is 0 Å². The fraction of sp³-hybridized carbons (Fsp3) is 0.524. The summed E-state index contributed by atoms with van der Waals surface area (Å²) < 4.78 is 67.6. The summed E-state index contributed by atoms with van der Waals surface area (Å²) in [5.74, 6) is 0.319. The van der Waals surface area contributed by atoms with Crippen LogP contribution < -0.4 is 20.1 Å². The van der Waals surface area contributed by atoms with Gasteiger partial charge in [0.2, 0.25) is 0 Å². The molecule has 0 radical (unpaired) electrons. The Morgan fingerprint density at radius 1 is 0.811 bits per heavy atom. The van der Waals surface area contributed by atoms with E-state index in [1.807, 2.05) is 9.44 Å². The van der Waals surface area contributed by atoms with Crippen LogP contribution in [0.25, 0.3) is 0 Å². The van der Waals surface area contributed by atoms with Gasteiger partial charge in [-0.05, 0) is 18.9 Å². The summed E-state index contributed by atoms with van der Waals surface area (Å²) >= 11 is 1.23. The second kappa shape index (κ2) is 14.9. The molecule has 0 saturated carbocycles. The summed E-state index contributed by atoms with van der Waals surface area (Å²) in [6.45, 7) is 0.992. The van der Waals surface area contributed by atoms with Gasteiger partial charge in [0.25, 0.3) is 20.0 Å². The van der Waals surface area contributed by atoms with Crippen LogP contribution in [0.5, 0.6) is 0 Å². The van der Waals surface area contributed by atoms with Gasteiger partial charge in [0, 0.05) is 43.6 Å². The minimum absolute atomic E-state index is 0.0114. The first-order valence-corrected chi connectivity index (χ1v) is 15.2. The van der Waals surface area contributed by atoms with Crippen molar-refractivity contribution in [3.05, 3.63) is 34.4 Å². The first-order chi connectivity index (χ1) is 17.6. The Kier molecular flexibility index (Phi) is 12.3. The highest BCUT2D eigenvalue weighted by Gasteiger charge is 2.21. The van der Waals surface area contributed by atoms with Crippen molar-refractivity contribution >= 4 is 43.4 Å². The summed E-state index contributed by atoms with van der Waals surface area (Å²) in [7, 11) is -5.04. The highest BCUT2D eigenvalue weighted by Crippen LogP contribution is 2.19. The van der Waals surface area contributed by atoms with Gasteiger partial charge in [0.05, 0.1) is 11.5 Å². The Balaban J connectivity index is 1.54. The molecule has 2 heterocycles. The molecule has 208 valence electrons. The van der Waals surface area contributed by atoms with Gasteiger partial charge in [0.1, 0.15) is 23.5 Å². The molecular formula is C21H32N4O9S3. The summed E-state index contributed by atoms with van der Waals surface area (Å²) in [5.41, 5.74) is 0. The third-order valence-corrected chi connectivity index (χ3v) is 8.49. The largest absolute Gasteiger partial charge is 0.465 e. The smallest absolute Gasteiger partial charge is 0.328 e. The normalized spacial score (nSPS) is 11.7. The van der Waals surface area contributed by atoms with Crippen LogP contribution in [-0.4, -0.2) is 56.2 Å². The van der Waals surface area contributed by atoms with Crippen LogP contribution >= 0.6 is 11.3 Å². The van der Waals surface area contributed by atoms with Crippen LogP contribution in [-0.2, 0) is 42.7 Å². The highest BCUT2D eigenvalue weighted by atomic mass is 32.2. The van der Waals surface area contributed by atoms with Gasteiger partial charge in [-0.2, -0.15) is 0 Å². The topological polar surface area (TPSA) is 182 Å². The number of ether oxygens (including phenoxy) is 2. The van der Waals surface area contributed by atoms with E-state index in [4.69, 9.17) is 13.9 Å². The molecule has 4 amide bonds. The number of hydrogen-bond acceptors (Lipinski definition) is 10. The molecule has 16 heteroatoms. The van der Waals surface area contributed by atoms with Gasteiger partial charge < -0.3 is 24.5 Å². The van der Waals surface area contributed by atoms with Crippen LogP contribution in [0.15, 0.2) is 38.0 Å². The number of hydrogen-bond donors (Lipinski definition) is 4. The first kappa shape index (κ1) is 30.6. The average Bonchev–Trinajstić information content (AvgIpc) is 3.49. The van der Waals surface area contributed by atoms with Crippen molar-refractivity contribution < 1.29 is 40.3 Å². The van der Waals surface area contributed by atoms with E-state index >= 15 is 0 Å². The fourth-order valence-corrected chi connectivity index (χ4v) is 6.13. The molecule has 0 unspecified atom stereocenters. The number of unbranched alkanes of at least 4 members (excludes halogenated alkanes) is 4. The Morgan fingerprint density at radius 2 is 1.35 bits per heavy atom. The molecule has 0 aliphatic carbocycles. The van der Waals surface area contributed by atoms with Crippen molar-refractivity contribution in [3.8, 4) is 0 Å². The van der Waals surface area contributed by atoms with Gasteiger partial charge in [-0.15, -0.1) is 11.3 Å². The minimum Gasteiger partial charge on any atom is -0.465 e. The summed E-state index contributed by atoms with van der Waals surface area (Å²) in [5, 5.41) is 6.45. The average molecular weight is 581 g/mol. The molecule has 0 fully saturated rings. The zero-order valence-electron chi connectivity index (χ0n) is 20.6. The van der Waals surface area contributed by atoms with Crippen molar-refractivity contribution in [3.63, 3.8) is 0 Å². The standard InChI is InChI=1S/C21H32N4O9S3/c1-32-12-16-10-18(14-34-16)36(28,29)24-20(26)22-8-6-4-3-5-7-9-23-21(27)25-37(30,31)19-11-17(13-33-2)35-15-19/h10-11,14-15H,3-9,12-13H2,1-2H3,(H2,22,24,26)(H2,23,25,27).